The van der Waals surface area contributed by atoms with Crippen molar-refractivity contribution in [3.05, 3.63) is 0 Å². The molecule has 0 saturated carbocycles. The van der Waals surface area contributed by atoms with Gasteiger partial charge in [0.1, 0.15) is 19.4 Å². The van der Waals surface area contributed by atoms with Crippen LogP contribution < -0.4 is 5.73 Å². The molecule has 0 radical (unpaired) electrons. The number of imide groups is 3. The smallest absolute Gasteiger partial charge is 0.463 e. The van der Waals surface area contributed by atoms with E-state index in [4.69, 9.17) is 34.8 Å². The number of nitriles is 1. The second-order valence-electron chi connectivity index (χ2n) is 15.2. The molecule has 22 nitrogen and oxygen atoms in total. The van der Waals surface area contributed by atoms with Crippen LogP contribution in [-0.2, 0) is 76.6 Å². The zero-order valence-electron chi connectivity index (χ0n) is 35.9. The van der Waals surface area contributed by atoms with Gasteiger partial charge < -0.3 is 29.5 Å². The van der Waals surface area contributed by atoms with Crippen LogP contribution in [0.2, 0.25) is 0 Å². The molecule has 5 aliphatic heterocycles. The summed E-state index contributed by atoms with van der Waals surface area (Å²) < 4.78 is 21.6. The maximum Gasteiger partial charge on any atom is 0.560 e. The Bertz CT molecular complexity index is 1610. The summed E-state index contributed by atoms with van der Waals surface area (Å²) in [6, 6.07) is 1.75. The summed E-state index contributed by atoms with van der Waals surface area (Å²) in [6.45, 7) is 17.0. The molecule has 5 fully saturated rings. The molecule has 10 unspecified atom stereocenters. The molecule has 5 heterocycles. The maximum atomic E-state index is 12.1. The molecule has 5 saturated heterocycles. The SMILES string of the molecule is CC#N.CC(=O)OCC1OC(CC(=O)ON2C(=O)CCC2=O)C(C)C(C)C1C.CC(=O)OCC1OC(N)C(C)C(C)C1C.O=C(ON1C(=O)CCC1=O)ON1C(=O)CCC1=O. The Morgan fingerprint density at radius 3 is 1.25 bits per heavy atom. The van der Waals surface area contributed by atoms with E-state index < -0.39 is 53.7 Å². The van der Waals surface area contributed by atoms with Crippen LogP contribution >= 0.6 is 0 Å². The van der Waals surface area contributed by atoms with Gasteiger partial charge in [-0.15, -0.1) is 5.06 Å². The highest BCUT2D eigenvalue weighted by Gasteiger charge is 2.42. The Kier molecular flexibility index (Phi) is 20.3. The molecule has 0 bridgehead atoms. The molecule has 10 atom stereocenters. The molecule has 0 aliphatic carbocycles. The van der Waals surface area contributed by atoms with E-state index in [9.17, 15) is 47.9 Å². The second-order valence-corrected chi connectivity index (χ2v) is 15.2. The van der Waals surface area contributed by atoms with Crippen molar-refractivity contribution in [3.8, 4) is 6.07 Å². The molecule has 2 N–H and O–H groups in total. The lowest BCUT2D eigenvalue weighted by Gasteiger charge is -2.43. The summed E-state index contributed by atoms with van der Waals surface area (Å²) >= 11 is 0. The molecule has 22 heteroatoms. The number of carbonyl (C=O) groups is 10. The molecule has 340 valence electrons. The molecule has 5 aliphatic rings. The third-order valence-corrected chi connectivity index (χ3v) is 11.1. The number of amides is 6. The van der Waals surface area contributed by atoms with Gasteiger partial charge in [0, 0.05) is 59.3 Å². The number of ether oxygens (including phenoxy) is 4. The van der Waals surface area contributed by atoms with E-state index in [2.05, 4.69) is 37.4 Å². The lowest BCUT2D eigenvalue weighted by Crippen LogP contribution is -2.50. The van der Waals surface area contributed by atoms with E-state index in [1.165, 1.54) is 20.8 Å². The van der Waals surface area contributed by atoms with Gasteiger partial charge in [-0.05, 0) is 35.5 Å². The predicted molar refractivity (Wildman–Crippen MR) is 203 cm³/mol. The number of hydrogen-bond donors (Lipinski definition) is 1. The van der Waals surface area contributed by atoms with Crippen LogP contribution in [0, 0.1) is 46.8 Å². The number of nitrogens with two attached hydrogens (primary N) is 1. The molecule has 0 aromatic carbocycles. The largest absolute Gasteiger partial charge is 0.560 e. The van der Waals surface area contributed by atoms with Crippen molar-refractivity contribution in [1.29, 1.82) is 5.26 Å². The third kappa shape index (κ3) is 15.2. The third-order valence-electron chi connectivity index (χ3n) is 11.1. The van der Waals surface area contributed by atoms with Crippen LogP contribution in [0.15, 0.2) is 0 Å². The van der Waals surface area contributed by atoms with Gasteiger partial charge in [0.25, 0.3) is 35.4 Å². The summed E-state index contributed by atoms with van der Waals surface area (Å²) in [6.07, 6.45) is -2.78. The van der Waals surface area contributed by atoms with Crippen molar-refractivity contribution in [3.63, 3.8) is 0 Å². The van der Waals surface area contributed by atoms with Crippen LogP contribution in [0.3, 0.4) is 0 Å². The molecule has 61 heavy (non-hydrogen) atoms. The highest BCUT2D eigenvalue weighted by Crippen LogP contribution is 2.37. The molecule has 6 amide bonds. The van der Waals surface area contributed by atoms with Gasteiger partial charge in [-0.2, -0.15) is 10.1 Å². The molecular formula is C39H57N5O17. The fraction of sp³-hybridized carbons (Fsp3) is 0.718. The Hall–Kier alpha value is -5.53. The zero-order valence-corrected chi connectivity index (χ0v) is 35.9. The van der Waals surface area contributed by atoms with E-state index in [1.807, 2.05) is 13.8 Å². The van der Waals surface area contributed by atoms with Gasteiger partial charge >= 0.3 is 24.1 Å². The van der Waals surface area contributed by atoms with Gasteiger partial charge in [-0.3, -0.25) is 48.0 Å². The Morgan fingerprint density at radius 2 is 0.885 bits per heavy atom. The van der Waals surface area contributed by atoms with Crippen LogP contribution in [0.1, 0.15) is 107 Å². The second kappa shape index (κ2) is 24.0. The van der Waals surface area contributed by atoms with Gasteiger partial charge in [0.05, 0.1) is 30.8 Å². The number of hydroxylamine groups is 6. The quantitative estimate of drug-likeness (QED) is 0.256. The number of rotatable bonds is 9. The van der Waals surface area contributed by atoms with Crippen molar-refractivity contribution in [2.75, 3.05) is 13.2 Å². The standard InChI is InChI=1S/C17H25NO7.C11H21NO3.C9H8N2O7.C2H3N/c1-9-10(2)13(24-14(11(9)3)8-23-12(4)19)7-17(22)25-18-15(20)5-6-16(18)21;1-6-7(2)10(5-14-9(4)13)15-11(12)8(6)3;12-5-1-2-6(13)10(5)17-9(16)18-11-7(14)3-4-8(11)15;1-2-3/h9-11,13-14H,5-8H2,1-4H3;6-8,10-11H,5,12H2,1-4H3;1-4H2;1H3. The molecule has 0 aromatic heterocycles. The van der Waals surface area contributed by atoms with Crippen molar-refractivity contribution in [1.82, 2.24) is 15.2 Å². The number of carbonyl (C=O) groups excluding carboxylic acids is 10. The summed E-state index contributed by atoms with van der Waals surface area (Å²) in [5.41, 5.74) is 5.86. The lowest BCUT2D eigenvalue weighted by molar-refractivity contribution is -0.205. The monoisotopic (exact) mass is 867 g/mol. The fourth-order valence-corrected chi connectivity index (χ4v) is 6.65. The highest BCUT2D eigenvalue weighted by atomic mass is 16.9. The van der Waals surface area contributed by atoms with Crippen LogP contribution in [0.4, 0.5) is 4.79 Å². The molecule has 0 spiro atoms. The number of nitrogens with zero attached hydrogens (tertiary/aromatic N) is 4. The number of esters is 2. The normalized spacial score (nSPS) is 29.5. The summed E-state index contributed by atoms with van der Waals surface area (Å²) in [5.74, 6) is -3.45. The maximum absolute atomic E-state index is 12.1. The first-order chi connectivity index (χ1) is 28.5. The zero-order chi connectivity index (χ0) is 46.3. The minimum absolute atomic E-state index is 0.0570. The minimum atomic E-state index is -1.48. The van der Waals surface area contributed by atoms with E-state index in [0.717, 1.165) is 0 Å². The van der Waals surface area contributed by atoms with Crippen molar-refractivity contribution >= 4 is 59.5 Å². The van der Waals surface area contributed by atoms with Gasteiger partial charge in [-0.25, -0.2) is 4.79 Å². The Labute approximate surface area is 353 Å². The van der Waals surface area contributed by atoms with Crippen LogP contribution in [0.5, 0.6) is 0 Å². The first-order valence-electron chi connectivity index (χ1n) is 19.9. The van der Waals surface area contributed by atoms with E-state index in [1.54, 1.807) is 6.07 Å². The first kappa shape index (κ1) is 51.6. The molecular weight excluding hydrogens is 810 g/mol. The topological polar surface area (TPSA) is 295 Å². The van der Waals surface area contributed by atoms with Crippen LogP contribution in [0.25, 0.3) is 0 Å². The average molecular weight is 868 g/mol. The van der Waals surface area contributed by atoms with Crippen LogP contribution in [-0.4, -0.2) is 112 Å². The van der Waals surface area contributed by atoms with E-state index >= 15 is 0 Å². The van der Waals surface area contributed by atoms with Crippen molar-refractivity contribution < 1.29 is 81.4 Å². The van der Waals surface area contributed by atoms with E-state index in [0.29, 0.717) is 29.4 Å². The number of hydrogen-bond acceptors (Lipinski definition) is 19. The van der Waals surface area contributed by atoms with Gasteiger partial charge in [0.2, 0.25) is 0 Å². The van der Waals surface area contributed by atoms with Gasteiger partial charge in [0.15, 0.2) is 0 Å². The predicted octanol–water partition coefficient (Wildman–Crippen LogP) is 2.16. The van der Waals surface area contributed by atoms with Crippen molar-refractivity contribution in [2.24, 2.45) is 41.2 Å². The first-order valence-corrected chi connectivity index (χ1v) is 19.9. The molecule has 5 rings (SSSR count). The van der Waals surface area contributed by atoms with Gasteiger partial charge in [-0.1, -0.05) is 51.7 Å². The Balaban J connectivity index is 0.000000315. The Morgan fingerprint density at radius 1 is 0.574 bits per heavy atom. The summed E-state index contributed by atoms with van der Waals surface area (Å²) in [7, 11) is 0. The summed E-state index contributed by atoms with van der Waals surface area (Å²) in [4.78, 5) is 126. The average Bonchev–Trinajstić information content (AvgIpc) is 3.81. The molecule has 0 aromatic rings. The summed E-state index contributed by atoms with van der Waals surface area (Å²) in [5, 5.41) is 8.37. The highest BCUT2D eigenvalue weighted by molar-refractivity contribution is 6.03. The fourth-order valence-electron chi connectivity index (χ4n) is 6.65. The van der Waals surface area contributed by atoms with E-state index in [-0.39, 0.29) is 110 Å². The minimum Gasteiger partial charge on any atom is -0.463 e. The van der Waals surface area contributed by atoms with Crippen molar-refractivity contribution in [2.45, 2.75) is 132 Å². The lowest BCUT2D eigenvalue weighted by atomic mass is 9.76.